The van der Waals surface area contributed by atoms with Crippen molar-refractivity contribution in [1.82, 2.24) is 10.2 Å². The first-order valence-corrected chi connectivity index (χ1v) is 10.5. The van der Waals surface area contributed by atoms with E-state index in [0.717, 1.165) is 5.56 Å². The molecule has 29 heavy (non-hydrogen) atoms. The van der Waals surface area contributed by atoms with E-state index in [1.807, 2.05) is 43.3 Å². The number of thioether (sulfide) groups is 1. The van der Waals surface area contributed by atoms with Crippen molar-refractivity contribution in [3.8, 4) is 0 Å². The highest BCUT2D eigenvalue weighted by molar-refractivity contribution is 8.26. The average molecular weight is 433 g/mol. The monoisotopic (exact) mass is 432 g/mol. The molecule has 0 saturated carbocycles. The molecule has 0 bridgehead atoms. The van der Waals surface area contributed by atoms with Crippen LogP contribution in [0.3, 0.4) is 0 Å². The first kappa shape index (κ1) is 22.8. The van der Waals surface area contributed by atoms with E-state index < -0.39 is 17.9 Å². The number of amides is 2. The second kappa shape index (κ2) is 10.9. The van der Waals surface area contributed by atoms with Crippen LogP contribution in [0.5, 0.6) is 0 Å². The summed E-state index contributed by atoms with van der Waals surface area (Å²) in [4.78, 5) is 37.9. The Kier molecular flexibility index (Phi) is 8.60. The van der Waals surface area contributed by atoms with Crippen LogP contribution in [-0.2, 0) is 14.4 Å². The Hall–Kier alpha value is -2.45. The molecule has 0 aromatic heterocycles. The summed E-state index contributed by atoms with van der Waals surface area (Å²) >= 11 is 6.45. The summed E-state index contributed by atoms with van der Waals surface area (Å²) in [6, 6.07) is 8.76. The summed E-state index contributed by atoms with van der Waals surface area (Å²) in [5, 5.41) is 11.8. The van der Waals surface area contributed by atoms with Gasteiger partial charge in [-0.2, -0.15) is 0 Å². The largest absolute Gasteiger partial charge is 0.480 e. The van der Waals surface area contributed by atoms with E-state index >= 15 is 0 Å². The van der Waals surface area contributed by atoms with Gasteiger partial charge < -0.3 is 10.4 Å². The van der Waals surface area contributed by atoms with Crippen LogP contribution in [0.1, 0.15) is 32.3 Å². The minimum absolute atomic E-state index is 0.0141. The van der Waals surface area contributed by atoms with E-state index in [-0.39, 0.29) is 24.8 Å². The quantitative estimate of drug-likeness (QED) is 0.459. The second-order valence-corrected chi connectivity index (χ2v) is 8.32. The van der Waals surface area contributed by atoms with Crippen LogP contribution < -0.4 is 5.32 Å². The fraction of sp³-hybridized carbons (Fsp3) is 0.333. The van der Waals surface area contributed by atoms with Gasteiger partial charge in [-0.25, -0.2) is 4.79 Å². The van der Waals surface area contributed by atoms with E-state index in [0.29, 0.717) is 15.6 Å². The number of carboxylic acid groups (broad SMARTS) is 1. The van der Waals surface area contributed by atoms with Crippen molar-refractivity contribution in [3.63, 3.8) is 0 Å². The zero-order chi connectivity index (χ0) is 21.4. The fourth-order valence-corrected chi connectivity index (χ4v) is 3.92. The molecule has 2 N–H and O–H groups in total. The Bertz CT molecular complexity index is 836. The summed E-state index contributed by atoms with van der Waals surface area (Å²) < 4.78 is 0.388. The van der Waals surface area contributed by atoms with Crippen LogP contribution in [-0.4, -0.2) is 44.7 Å². The van der Waals surface area contributed by atoms with Gasteiger partial charge in [-0.3, -0.25) is 14.5 Å². The third-order valence-corrected chi connectivity index (χ3v) is 5.96. The SMILES string of the molecule is CC[C@@H](C)[C@@H](NC(=O)CCN1C(=O)/C(=C\C=C\c2ccccc2)SC1=S)C(=O)O. The van der Waals surface area contributed by atoms with Crippen LogP contribution in [0.4, 0.5) is 0 Å². The lowest BCUT2D eigenvalue weighted by Crippen LogP contribution is -2.46. The maximum atomic E-state index is 12.5. The minimum atomic E-state index is -1.06. The first-order valence-electron chi connectivity index (χ1n) is 9.32. The Morgan fingerprint density at radius 3 is 2.62 bits per heavy atom. The summed E-state index contributed by atoms with van der Waals surface area (Å²) in [7, 11) is 0. The van der Waals surface area contributed by atoms with Crippen molar-refractivity contribution in [2.24, 2.45) is 5.92 Å². The van der Waals surface area contributed by atoms with Crippen LogP contribution in [0.2, 0.25) is 0 Å². The average Bonchev–Trinajstić information content (AvgIpc) is 2.97. The molecule has 1 aromatic carbocycles. The number of nitrogens with zero attached hydrogens (tertiary/aromatic N) is 1. The Labute approximate surface area is 180 Å². The molecule has 1 saturated heterocycles. The molecule has 2 rings (SSSR count). The lowest BCUT2D eigenvalue weighted by atomic mass is 9.99. The molecule has 0 radical (unpaired) electrons. The molecule has 6 nitrogen and oxygen atoms in total. The molecule has 2 amide bonds. The Morgan fingerprint density at radius 1 is 1.31 bits per heavy atom. The molecule has 1 heterocycles. The molecule has 8 heteroatoms. The van der Waals surface area contributed by atoms with Crippen LogP contribution in [0.15, 0.2) is 47.4 Å². The maximum Gasteiger partial charge on any atom is 0.326 e. The first-order chi connectivity index (χ1) is 13.8. The third kappa shape index (κ3) is 6.54. The molecule has 0 unspecified atom stereocenters. The second-order valence-electron chi connectivity index (χ2n) is 6.64. The van der Waals surface area contributed by atoms with Gasteiger partial charge in [0.25, 0.3) is 5.91 Å². The van der Waals surface area contributed by atoms with Crippen molar-refractivity contribution in [2.75, 3.05) is 6.54 Å². The number of thiocarbonyl (C=S) groups is 1. The number of aliphatic carboxylic acids is 1. The topological polar surface area (TPSA) is 86.7 Å². The summed E-state index contributed by atoms with van der Waals surface area (Å²) in [5.74, 6) is -1.92. The van der Waals surface area contributed by atoms with Gasteiger partial charge >= 0.3 is 5.97 Å². The van der Waals surface area contributed by atoms with E-state index in [1.165, 1.54) is 16.7 Å². The standard InChI is InChI=1S/C21H24N2O4S2/c1-3-14(2)18(20(26)27)22-17(24)12-13-23-19(25)16(29-21(23)28)11-7-10-15-8-5-4-6-9-15/h4-11,14,18H,3,12-13H2,1-2H3,(H,22,24)(H,26,27)/b10-7+,16-11+/t14-,18-/m1/s1. The highest BCUT2D eigenvalue weighted by Gasteiger charge is 2.32. The number of allylic oxidation sites excluding steroid dienone is 2. The van der Waals surface area contributed by atoms with Gasteiger partial charge in [-0.05, 0) is 17.6 Å². The lowest BCUT2D eigenvalue weighted by molar-refractivity contribution is -0.143. The third-order valence-electron chi connectivity index (χ3n) is 4.57. The Morgan fingerprint density at radius 2 is 2.00 bits per heavy atom. The van der Waals surface area contributed by atoms with Crippen molar-refractivity contribution >= 4 is 52.2 Å². The van der Waals surface area contributed by atoms with E-state index in [9.17, 15) is 19.5 Å². The Balaban J connectivity index is 1.93. The fourth-order valence-electron chi connectivity index (χ4n) is 2.66. The minimum Gasteiger partial charge on any atom is -0.480 e. The predicted octanol–water partition coefficient (Wildman–Crippen LogP) is 3.45. The number of carboxylic acids is 1. The van der Waals surface area contributed by atoms with E-state index in [2.05, 4.69) is 5.32 Å². The zero-order valence-corrected chi connectivity index (χ0v) is 18.0. The molecule has 1 aliphatic heterocycles. The molecule has 0 aliphatic carbocycles. The van der Waals surface area contributed by atoms with Gasteiger partial charge in [0.15, 0.2) is 0 Å². The van der Waals surface area contributed by atoms with Crippen LogP contribution >= 0.6 is 24.0 Å². The van der Waals surface area contributed by atoms with Crippen LogP contribution in [0.25, 0.3) is 6.08 Å². The number of hydrogen-bond donors (Lipinski definition) is 2. The summed E-state index contributed by atoms with van der Waals surface area (Å²) in [5.41, 5.74) is 1.02. The molecule has 154 valence electrons. The molecular formula is C21H24N2O4S2. The number of benzene rings is 1. The number of nitrogens with one attached hydrogen (secondary N) is 1. The predicted molar refractivity (Wildman–Crippen MR) is 119 cm³/mol. The number of rotatable bonds is 9. The number of hydrogen-bond acceptors (Lipinski definition) is 5. The van der Waals surface area contributed by atoms with Gasteiger partial charge in [0.05, 0.1) is 4.91 Å². The highest BCUT2D eigenvalue weighted by Crippen LogP contribution is 2.31. The van der Waals surface area contributed by atoms with Crippen molar-refractivity contribution in [1.29, 1.82) is 0 Å². The molecule has 0 spiro atoms. The molecule has 1 aromatic rings. The normalized spacial score (nSPS) is 17.7. The maximum absolute atomic E-state index is 12.5. The van der Waals surface area contributed by atoms with Crippen molar-refractivity contribution in [2.45, 2.75) is 32.7 Å². The van der Waals surface area contributed by atoms with Gasteiger partial charge in [0.1, 0.15) is 10.4 Å². The smallest absolute Gasteiger partial charge is 0.326 e. The van der Waals surface area contributed by atoms with Crippen molar-refractivity contribution in [3.05, 3.63) is 53.0 Å². The molecule has 1 aliphatic rings. The molecule has 2 atom stereocenters. The highest BCUT2D eigenvalue weighted by atomic mass is 32.2. The van der Waals surface area contributed by atoms with E-state index in [1.54, 1.807) is 19.1 Å². The molecular weight excluding hydrogens is 408 g/mol. The van der Waals surface area contributed by atoms with Crippen molar-refractivity contribution < 1.29 is 19.5 Å². The summed E-state index contributed by atoms with van der Waals surface area (Å²) in [6.07, 6.45) is 6.00. The molecule has 1 fully saturated rings. The van der Waals surface area contributed by atoms with Gasteiger partial charge in [0.2, 0.25) is 5.91 Å². The van der Waals surface area contributed by atoms with Gasteiger partial charge in [-0.15, -0.1) is 0 Å². The van der Waals surface area contributed by atoms with Crippen LogP contribution in [0, 0.1) is 5.92 Å². The van der Waals surface area contributed by atoms with Gasteiger partial charge in [-0.1, -0.05) is 86.7 Å². The number of carbonyl (C=O) groups is 3. The van der Waals surface area contributed by atoms with E-state index in [4.69, 9.17) is 12.2 Å². The zero-order valence-electron chi connectivity index (χ0n) is 16.3. The van der Waals surface area contributed by atoms with Gasteiger partial charge in [0, 0.05) is 13.0 Å². The summed E-state index contributed by atoms with van der Waals surface area (Å²) in [6.45, 7) is 3.75. The lowest BCUT2D eigenvalue weighted by Gasteiger charge is -2.21. The number of carbonyl (C=O) groups excluding carboxylic acids is 2.